The van der Waals surface area contributed by atoms with Gasteiger partial charge in [-0.05, 0) is 24.6 Å². The van der Waals surface area contributed by atoms with Crippen LogP contribution in [0.15, 0.2) is 12.1 Å². The number of hydrogen-bond donors (Lipinski definition) is 1. The minimum Gasteiger partial charge on any atom is -0.505 e. The van der Waals surface area contributed by atoms with Gasteiger partial charge in [0.1, 0.15) is 0 Å². The number of phenolic OH excluding ortho intramolecular Hbond substituents is 1. The Morgan fingerprint density at radius 1 is 1.50 bits per heavy atom. The van der Waals surface area contributed by atoms with Crippen LogP contribution in [0.3, 0.4) is 0 Å². The second kappa shape index (κ2) is 4.33. The number of aromatic nitrogens is 1. The van der Waals surface area contributed by atoms with Gasteiger partial charge in [0.05, 0.1) is 19.0 Å². The average Bonchev–Trinajstić information content (AvgIpc) is 2.59. The highest BCUT2D eigenvalue weighted by Gasteiger charge is 2.20. The first kappa shape index (κ1) is 12.4. The van der Waals surface area contributed by atoms with Crippen molar-refractivity contribution in [3.63, 3.8) is 0 Å². The number of hydrogen-bond acceptors (Lipinski definition) is 3. The number of nitrogens with zero attached hydrogens (tertiary/aromatic N) is 1. The van der Waals surface area contributed by atoms with Gasteiger partial charge in [0.15, 0.2) is 11.6 Å². The number of ether oxygens (including phenoxy) is 1. The lowest BCUT2D eigenvalue weighted by atomic mass is 10.1. The number of methoxy groups -OCH3 is 1. The summed E-state index contributed by atoms with van der Waals surface area (Å²) in [4.78, 5) is 11.4. The van der Waals surface area contributed by atoms with Crippen molar-refractivity contribution < 1.29 is 19.0 Å². The standard InChI is InChI=1S/C13H14FNO3/c1-7-8(6-11(17)18-3)12-9(15(7)2)4-5-10(16)13(12)14/h4-5,16H,6H2,1-3H3. The number of benzene rings is 1. The molecule has 5 heteroatoms. The summed E-state index contributed by atoms with van der Waals surface area (Å²) in [6.07, 6.45) is -0.0138. The molecule has 0 bridgehead atoms. The van der Waals surface area contributed by atoms with Crippen LogP contribution in [0.2, 0.25) is 0 Å². The summed E-state index contributed by atoms with van der Waals surface area (Å²) in [5.74, 6) is -1.55. The molecule has 0 aliphatic carbocycles. The molecule has 1 aromatic heterocycles. The molecular formula is C13H14FNO3. The predicted molar refractivity (Wildman–Crippen MR) is 65.0 cm³/mol. The molecule has 1 aromatic carbocycles. The van der Waals surface area contributed by atoms with Crippen LogP contribution in [0.4, 0.5) is 4.39 Å². The fourth-order valence-electron chi connectivity index (χ4n) is 2.12. The van der Waals surface area contributed by atoms with Gasteiger partial charge in [0, 0.05) is 18.1 Å². The topological polar surface area (TPSA) is 51.5 Å². The van der Waals surface area contributed by atoms with E-state index in [1.165, 1.54) is 13.2 Å². The summed E-state index contributed by atoms with van der Waals surface area (Å²) < 4.78 is 20.4. The molecule has 0 fully saturated rings. The van der Waals surface area contributed by atoms with Gasteiger partial charge >= 0.3 is 5.97 Å². The first-order chi connectivity index (χ1) is 8.47. The SMILES string of the molecule is COC(=O)Cc1c(C)n(C)c2ccc(O)c(F)c12. The summed E-state index contributed by atoms with van der Waals surface area (Å²) in [5.41, 5.74) is 1.97. The van der Waals surface area contributed by atoms with Crippen molar-refractivity contribution in [1.29, 1.82) is 0 Å². The van der Waals surface area contributed by atoms with Crippen LogP contribution in [0.5, 0.6) is 5.75 Å². The minimum absolute atomic E-state index is 0.0138. The highest BCUT2D eigenvalue weighted by molar-refractivity contribution is 5.90. The first-order valence-corrected chi connectivity index (χ1v) is 5.49. The zero-order valence-electron chi connectivity index (χ0n) is 10.5. The molecule has 0 aliphatic heterocycles. The van der Waals surface area contributed by atoms with Crippen molar-refractivity contribution in [3.05, 3.63) is 29.2 Å². The van der Waals surface area contributed by atoms with Crippen molar-refractivity contribution in [2.45, 2.75) is 13.3 Å². The average molecular weight is 251 g/mol. The van der Waals surface area contributed by atoms with Crippen LogP contribution in [-0.2, 0) is 23.0 Å². The fourth-order valence-corrected chi connectivity index (χ4v) is 2.12. The number of fused-ring (bicyclic) bond motifs is 1. The molecule has 0 spiro atoms. The lowest BCUT2D eigenvalue weighted by Gasteiger charge is -2.02. The number of aromatic hydroxyl groups is 1. The van der Waals surface area contributed by atoms with Gasteiger partial charge in [-0.2, -0.15) is 0 Å². The second-order valence-corrected chi connectivity index (χ2v) is 4.17. The molecule has 0 radical (unpaired) electrons. The van der Waals surface area contributed by atoms with Crippen molar-refractivity contribution >= 4 is 16.9 Å². The molecule has 0 saturated carbocycles. The Morgan fingerprint density at radius 3 is 2.78 bits per heavy atom. The van der Waals surface area contributed by atoms with Crippen LogP contribution < -0.4 is 0 Å². The Labute approximate surface area is 104 Å². The van der Waals surface area contributed by atoms with E-state index in [2.05, 4.69) is 4.74 Å². The highest BCUT2D eigenvalue weighted by Crippen LogP contribution is 2.32. The van der Waals surface area contributed by atoms with E-state index in [0.29, 0.717) is 11.1 Å². The molecule has 2 rings (SSSR count). The van der Waals surface area contributed by atoms with Crippen molar-refractivity contribution in [2.75, 3.05) is 7.11 Å². The van der Waals surface area contributed by atoms with Crippen LogP contribution in [-0.4, -0.2) is 22.8 Å². The van der Waals surface area contributed by atoms with E-state index in [9.17, 15) is 14.3 Å². The maximum absolute atomic E-state index is 14.0. The maximum Gasteiger partial charge on any atom is 0.310 e. The Kier molecular flexibility index (Phi) is 2.98. The third-order valence-electron chi connectivity index (χ3n) is 3.25. The monoisotopic (exact) mass is 251 g/mol. The van der Waals surface area contributed by atoms with E-state index < -0.39 is 17.5 Å². The summed E-state index contributed by atoms with van der Waals surface area (Å²) in [5, 5.41) is 9.71. The summed E-state index contributed by atoms with van der Waals surface area (Å²) in [6.45, 7) is 1.80. The van der Waals surface area contributed by atoms with E-state index in [1.807, 2.05) is 0 Å². The molecule has 96 valence electrons. The molecule has 1 N–H and O–H groups in total. The van der Waals surface area contributed by atoms with Crippen LogP contribution >= 0.6 is 0 Å². The number of esters is 1. The van der Waals surface area contributed by atoms with Gasteiger partial charge in [-0.25, -0.2) is 4.39 Å². The number of phenols is 1. The van der Waals surface area contributed by atoms with Gasteiger partial charge in [0.2, 0.25) is 0 Å². The van der Waals surface area contributed by atoms with Gasteiger partial charge in [-0.15, -0.1) is 0 Å². The number of rotatable bonds is 2. The van der Waals surface area contributed by atoms with Crippen molar-refractivity contribution in [1.82, 2.24) is 4.57 Å². The van der Waals surface area contributed by atoms with Gasteiger partial charge in [0.25, 0.3) is 0 Å². The molecule has 4 nitrogen and oxygen atoms in total. The van der Waals surface area contributed by atoms with Crippen molar-refractivity contribution in [2.24, 2.45) is 7.05 Å². The molecule has 0 aliphatic rings. The maximum atomic E-state index is 14.0. The third-order valence-corrected chi connectivity index (χ3v) is 3.25. The van der Waals surface area contributed by atoms with Gasteiger partial charge in [-0.1, -0.05) is 0 Å². The highest BCUT2D eigenvalue weighted by atomic mass is 19.1. The summed E-state index contributed by atoms with van der Waals surface area (Å²) in [7, 11) is 3.07. The van der Waals surface area contributed by atoms with E-state index in [-0.39, 0.29) is 11.8 Å². The van der Waals surface area contributed by atoms with E-state index in [1.54, 1.807) is 24.6 Å². The predicted octanol–water partition coefficient (Wildman–Crippen LogP) is 2.05. The Hall–Kier alpha value is -2.04. The normalized spacial score (nSPS) is 10.9. The molecule has 0 saturated heterocycles. The molecule has 0 amide bonds. The van der Waals surface area contributed by atoms with Gasteiger partial charge < -0.3 is 14.4 Å². The minimum atomic E-state index is -0.699. The zero-order valence-corrected chi connectivity index (χ0v) is 10.5. The Morgan fingerprint density at radius 2 is 2.17 bits per heavy atom. The lowest BCUT2D eigenvalue weighted by molar-refractivity contribution is -0.139. The van der Waals surface area contributed by atoms with Crippen LogP contribution in [0, 0.1) is 12.7 Å². The Bertz CT molecular complexity index is 631. The van der Waals surface area contributed by atoms with Crippen LogP contribution in [0.25, 0.3) is 10.9 Å². The first-order valence-electron chi connectivity index (χ1n) is 5.49. The largest absolute Gasteiger partial charge is 0.505 e. The lowest BCUT2D eigenvalue weighted by Crippen LogP contribution is -2.06. The third kappa shape index (κ3) is 1.72. The van der Waals surface area contributed by atoms with Gasteiger partial charge in [-0.3, -0.25) is 4.79 Å². The number of halogens is 1. The summed E-state index contributed by atoms with van der Waals surface area (Å²) >= 11 is 0. The molecule has 2 aromatic rings. The van der Waals surface area contributed by atoms with E-state index in [4.69, 9.17) is 0 Å². The molecular weight excluding hydrogens is 237 g/mol. The smallest absolute Gasteiger partial charge is 0.310 e. The molecule has 0 atom stereocenters. The molecule has 1 heterocycles. The number of carbonyl (C=O) groups is 1. The number of carbonyl (C=O) groups excluding carboxylic acids is 1. The zero-order chi connectivity index (χ0) is 13.4. The second-order valence-electron chi connectivity index (χ2n) is 4.17. The molecule has 18 heavy (non-hydrogen) atoms. The number of aryl methyl sites for hydroxylation is 1. The van der Waals surface area contributed by atoms with E-state index in [0.717, 1.165) is 5.69 Å². The molecule has 0 unspecified atom stereocenters. The fraction of sp³-hybridized carbons (Fsp3) is 0.308. The quantitative estimate of drug-likeness (QED) is 0.831. The van der Waals surface area contributed by atoms with Crippen LogP contribution in [0.1, 0.15) is 11.3 Å². The van der Waals surface area contributed by atoms with E-state index >= 15 is 0 Å². The van der Waals surface area contributed by atoms with Crippen molar-refractivity contribution in [3.8, 4) is 5.75 Å². The Balaban J connectivity index is 2.75. The summed E-state index contributed by atoms with van der Waals surface area (Å²) in [6, 6.07) is 2.93.